The van der Waals surface area contributed by atoms with Crippen LogP contribution in [-0.4, -0.2) is 173 Å². The van der Waals surface area contributed by atoms with E-state index in [2.05, 4.69) is 67.7 Å². The van der Waals surface area contributed by atoms with Gasteiger partial charge in [-0.2, -0.15) is 0 Å². The zero-order chi connectivity index (χ0) is 47.9. The van der Waals surface area contributed by atoms with Gasteiger partial charge in [-0.15, -0.1) is 0 Å². The van der Waals surface area contributed by atoms with Crippen LogP contribution in [0.1, 0.15) is 152 Å². The smallest absolute Gasteiger partial charge is 0.330 e. The summed E-state index contributed by atoms with van der Waals surface area (Å²) in [6.45, 7) is 29.9. The van der Waals surface area contributed by atoms with E-state index < -0.39 is 28.7 Å². The van der Waals surface area contributed by atoms with Crippen LogP contribution in [0.3, 0.4) is 0 Å². The van der Waals surface area contributed by atoms with E-state index in [1.807, 2.05) is 13.8 Å². The van der Waals surface area contributed by atoms with Crippen molar-refractivity contribution in [2.45, 2.75) is 152 Å². The Hall–Kier alpha value is -2.62. The predicted octanol–water partition coefficient (Wildman–Crippen LogP) is 7.55. The van der Waals surface area contributed by atoms with Gasteiger partial charge in [0.2, 0.25) is 0 Å². The van der Waals surface area contributed by atoms with Crippen molar-refractivity contribution in [2.75, 3.05) is 125 Å². The Morgan fingerprint density at radius 2 is 0.812 bits per heavy atom. The first kappa shape index (κ1) is 61.4. The molecule has 0 aromatic rings. The molecule has 0 aromatic carbocycles. The van der Waals surface area contributed by atoms with Gasteiger partial charge < -0.3 is 48.4 Å². The minimum atomic E-state index is -1.28. The Labute approximate surface area is 390 Å². The molecule has 376 valence electrons. The van der Waals surface area contributed by atoms with Crippen molar-refractivity contribution < 1.29 is 48.0 Å². The van der Waals surface area contributed by atoms with Gasteiger partial charge in [0.25, 0.3) is 0 Å². The van der Waals surface area contributed by atoms with Gasteiger partial charge in [0, 0.05) is 25.6 Å². The zero-order valence-corrected chi connectivity index (χ0v) is 42.2. The summed E-state index contributed by atoms with van der Waals surface area (Å²) in [5.41, 5.74) is -2.19. The topological polar surface area (TPSA) is 148 Å². The summed E-state index contributed by atoms with van der Waals surface area (Å²) in [7, 11) is 0. The van der Waals surface area contributed by atoms with Crippen molar-refractivity contribution in [1.82, 2.24) is 19.6 Å². The third-order valence-electron chi connectivity index (χ3n) is 12.0. The lowest BCUT2D eigenvalue weighted by molar-refractivity contribution is -0.168. The molecule has 0 aliphatic heterocycles. The average Bonchev–Trinajstić information content (AvgIpc) is 3.31. The van der Waals surface area contributed by atoms with E-state index in [4.69, 9.17) is 23.7 Å². The molecule has 0 saturated heterocycles. The van der Waals surface area contributed by atoms with Crippen LogP contribution < -0.4 is 0 Å². The number of aliphatic hydroxyl groups excluding tert-OH is 1. The fourth-order valence-electron chi connectivity index (χ4n) is 7.18. The second-order valence-electron chi connectivity index (χ2n) is 17.7. The summed E-state index contributed by atoms with van der Waals surface area (Å²) in [5, 5.41) is 10.5. The molecular formula is C50H96N4O10. The molecule has 14 heteroatoms. The molecule has 0 aliphatic carbocycles. The van der Waals surface area contributed by atoms with Crippen LogP contribution in [0.15, 0.2) is 12.7 Å². The largest absolute Gasteiger partial charge is 0.465 e. The molecule has 0 heterocycles. The maximum Gasteiger partial charge on any atom is 0.330 e. The van der Waals surface area contributed by atoms with Gasteiger partial charge in [0.15, 0.2) is 0 Å². The van der Waals surface area contributed by atoms with Gasteiger partial charge in [-0.3, -0.25) is 14.4 Å². The van der Waals surface area contributed by atoms with Crippen LogP contribution in [0.2, 0.25) is 0 Å². The number of unbranched alkanes of at least 4 members (excludes halogenated alkanes) is 4. The second kappa shape index (κ2) is 39.5. The number of carbonyl (C=O) groups is 4. The Morgan fingerprint density at radius 3 is 1.17 bits per heavy atom. The van der Waals surface area contributed by atoms with Crippen molar-refractivity contribution in [2.24, 2.45) is 10.8 Å². The first-order chi connectivity index (χ1) is 30.9. The van der Waals surface area contributed by atoms with E-state index in [0.717, 1.165) is 84.4 Å². The van der Waals surface area contributed by atoms with Gasteiger partial charge in [0.1, 0.15) is 26.4 Å². The minimum Gasteiger partial charge on any atom is -0.465 e. The number of hydrogen-bond donors (Lipinski definition) is 1. The normalized spacial score (nSPS) is 12.8. The molecule has 1 atom stereocenters. The molecule has 0 bridgehead atoms. The van der Waals surface area contributed by atoms with Crippen molar-refractivity contribution in [3.05, 3.63) is 12.7 Å². The number of esters is 4. The number of ether oxygens (including phenoxy) is 5. The van der Waals surface area contributed by atoms with Crippen LogP contribution in [-0.2, 0) is 42.9 Å². The molecule has 1 unspecified atom stereocenters. The highest BCUT2D eigenvalue weighted by molar-refractivity contribution is 5.81. The van der Waals surface area contributed by atoms with E-state index in [9.17, 15) is 24.3 Å². The number of rotatable bonds is 45. The lowest BCUT2D eigenvalue weighted by Crippen LogP contribution is -2.45. The van der Waals surface area contributed by atoms with Crippen molar-refractivity contribution >= 4 is 23.9 Å². The molecule has 64 heavy (non-hydrogen) atoms. The van der Waals surface area contributed by atoms with E-state index in [0.29, 0.717) is 25.9 Å². The molecule has 0 rings (SSSR count). The number of nitrogens with zero attached hydrogens (tertiary/aromatic N) is 4. The highest BCUT2D eigenvalue weighted by Crippen LogP contribution is 2.27. The number of hydrogen-bond acceptors (Lipinski definition) is 14. The van der Waals surface area contributed by atoms with Crippen LogP contribution >= 0.6 is 0 Å². The van der Waals surface area contributed by atoms with Gasteiger partial charge in [0.05, 0.1) is 43.5 Å². The third kappa shape index (κ3) is 29.8. The van der Waals surface area contributed by atoms with Gasteiger partial charge in [-0.1, -0.05) is 87.7 Å². The van der Waals surface area contributed by atoms with Crippen LogP contribution in [0.5, 0.6) is 0 Å². The maximum atomic E-state index is 13.4. The fourth-order valence-corrected chi connectivity index (χ4v) is 7.18. The SMILES string of the molecule is C=CC(=O)OCC(COCC(CC)(CO)COC(=O)CCC)(COC(=O)CCN(CC)CCCN(CCCC)CCCC)COC(=O)CCN(CC)CCCN(CCCC)CCCC. The number of aliphatic hydroxyl groups is 1. The average molecular weight is 913 g/mol. The van der Waals surface area contributed by atoms with Gasteiger partial charge in [-0.05, 0) is 117 Å². The van der Waals surface area contributed by atoms with Crippen molar-refractivity contribution in [3.63, 3.8) is 0 Å². The summed E-state index contributed by atoms with van der Waals surface area (Å²) in [5.74, 6) is -1.91. The Kier molecular flexibility index (Phi) is 37.9. The maximum absolute atomic E-state index is 13.4. The van der Waals surface area contributed by atoms with Crippen LogP contribution in [0, 0.1) is 10.8 Å². The molecular weight excluding hydrogens is 817 g/mol. The summed E-state index contributed by atoms with van der Waals surface area (Å²) in [4.78, 5) is 61.1. The number of carbonyl (C=O) groups excluding carboxylic acids is 4. The Balaban J connectivity index is 6.01. The first-order valence-corrected chi connectivity index (χ1v) is 25.2. The standard InChI is InChI=1S/C50H96N4O10/c1-10-19-28-53(29-20-11-2)34-23-32-51(17-8)36-26-47(58)63-43-50(42-61-45(56)15-6,40-60-39-49(16-7,38-55)41-62-46(57)25-14-5)44-64-48(59)27-37-52(18-9)33-24-35-54(30-21-12-3)31-22-13-4/h15,55H,6,10-14,16-44H2,1-5,7-9H3. The van der Waals surface area contributed by atoms with E-state index >= 15 is 0 Å². The van der Waals surface area contributed by atoms with Gasteiger partial charge >= 0.3 is 23.9 Å². The molecule has 14 nitrogen and oxygen atoms in total. The summed E-state index contributed by atoms with van der Waals surface area (Å²) >= 11 is 0. The predicted molar refractivity (Wildman–Crippen MR) is 257 cm³/mol. The molecule has 0 aromatic heterocycles. The first-order valence-electron chi connectivity index (χ1n) is 25.2. The van der Waals surface area contributed by atoms with Crippen molar-refractivity contribution in [3.8, 4) is 0 Å². The molecule has 0 saturated carbocycles. The molecule has 0 aliphatic rings. The van der Waals surface area contributed by atoms with E-state index in [1.165, 1.54) is 51.4 Å². The summed E-state index contributed by atoms with van der Waals surface area (Å²) in [6.07, 6.45) is 14.2. The van der Waals surface area contributed by atoms with E-state index in [-0.39, 0.29) is 71.5 Å². The molecule has 0 spiro atoms. The monoisotopic (exact) mass is 913 g/mol. The molecule has 0 radical (unpaired) electrons. The van der Waals surface area contributed by atoms with E-state index in [1.54, 1.807) is 0 Å². The lowest BCUT2D eigenvalue weighted by Gasteiger charge is -2.35. The van der Waals surface area contributed by atoms with Crippen LogP contribution in [0.4, 0.5) is 0 Å². The Bertz CT molecular complexity index is 1130. The second-order valence-corrected chi connectivity index (χ2v) is 17.7. The molecule has 0 fully saturated rings. The summed E-state index contributed by atoms with van der Waals surface area (Å²) < 4.78 is 29.1. The van der Waals surface area contributed by atoms with Crippen molar-refractivity contribution in [1.29, 1.82) is 0 Å². The Morgan fingerprint density at radius 1 is 0.453 bits per heavy atom. The van der Waals surface area contributed by atoms with Crippen LogP contribution in [0.25, 0.3) is 0 Å². The highest BCUT2D eigenvalue weighted by atomic mass is 16.6. The quantitative estimate of drug-likeness (QED) is 0.0364. The zero-order valence-electron chi connectivity index (χ0n) is 42.2. The third-order valence-corrected chi connectivity index (χ3v) is 12.0. The molecule has 1 N–H and O–H groups in total. The lowest BCUT2D eigenvalue weighted by atomic mass is 9.87. The highest BCUT2D eigenvalue weighted by Gasteiger charge is 2.38. The van der Waals surface area contributed by atoms with Gasteiger partial charge in [-0.25, -0.2) is 4.79 Å². The minimum absolute atomic E-state index is 0.0159. The molecule has 0 amide bonds. The fraction of sp³-hybridized carbons (Fsp3) is 0.880. The summed E-state index contributed by atoms with van der Waals surface area (Å²) in [6, 6.07) is 0.